The van der Waals surface area contributed by atoms with E-state index in [4.69, 9.17) is 4.74 Å². The molecule has 2 fully saturated rings. The number of ether oxygens (including phenoxy) is 1. The lowest BCUT2D eigenvalue weighted by atomic mass is 9.93. The Balaban J connectivity index is 0.897. The van der Waals surface area contributed by atoms with E-state index in [1.807, 2.05) is 30.3 Å². The fourth-order valence-corrected chi connectivity index (χ4v) is 9.41. The highest BCUT2D eigenvalue weighted by Crippen LogP contribution is 2.31. The normalized spacial score (nSPS) is 17.3. The van der Waals surface area contributed by atoms with Gasteiger partial charge in [-0.15, -0.1) is 0 Å². The number of rotatable bonds is 14. The van der Waals surface area contributed by atoms with Gasteiger partial charge in [0.2, 0.25) is 15.4 Å². The predicted molar refractivity (Wildman–Crippen MR) is 215 cm³/mol. The molecule has 4 aromatic carbocycles. The SMILES string of the molecule is C[C@@H](c1ccc(S(=O)(=O)c2cccc(OCc3cccc(CCNC[C@H](O)c4ccc(O)c5[nH]c(=O)ccc45)c3)c2)cc1)N1CCN(C2CCCCC2)CC1. The molecule has 0 unspecified atom stereocenters. The fraction of sp³-hybridized carbons (Fsp3) is 0.386. The van der Waals surface area contributed by atoms with Gasteiger partial charge in [-0.2, -0.15) is 0 Å². The summed E-state index contributed by atoms with van der Waals surface area (Å²) in [6.45, 7) is 7.67. The van der Waals surface area contributed by atoms with Crippen LogP contribution < -0.4 is 15.6 Å². The molecule has 1 aliphatic carbocycles. The molecule has 2 aliphatic rings. The van der Waals surface area contributed by atoms with Gasteiger partial charge in [-0.3, -0.25) is 14.6 Å². The van der Waals surface area contributed by atoms with Crippen molar-refractivity contribution in [3.8, 4) is 11.5 Å². The fourth-order valence-electron chi connectivity index (χ4n) is 8.11. The molecule has 2 atom stereocenters. The third-order valence-corrected chi connectivity index (χ3v) is 13.1. The number of nitrogens with zero attached hydrogens (tertiary/aromatic N) is 2. The third-order valence-electron chi connectivity index (χ3n) is 11.4. The summed E-state index contributed by atoms with van der Waals surface area (Å²) in [6, 6.07) is 29.2. The first kappa shape index (κ1) is 38.7. The van der Waals surface area contributed by atoms with E-state index < -0.39 is 15.9 Å². The number of hydrogen-bond donors (Lipinski definition) is 4. The van der Waals surface area contributed by atoms with Crippen molar-refractivity contribution in [2.24, 2.45) is 0 Å². The lowest BCUT2D eigenvalue weighted by molar-refractivity contribution is 0.0602. The number of fused-ring (bicyclic) bond motifs is 1. The molecule has 0 radical (unpaired) electrons. The van der Waals surface area contributed by atoms with Crippen LogP contribution in [-0.4, -0.2) is 78.7 Å². The number of hydrogen-bond acceptors (Lipinski definition) is 9. The molecule has 4 N–H and O–H groups in total. The molecule has 1 saturated heterocycles. The molecule has 5 aromatic rings. The number of phenolic OH excluding ortho intramolecular Hbond substituents is 1. The minimum absolute atomic E-state index is 0.0438. The van der Waals surface area contributed by atoms with Crippen LogP contribution in [0.2, 0.25) is 0 Å². The van der Waals surface area contributed by atoms with Crippen LogP contribution in [0.25, 0.3) is 10.9 Å². The van der Waals surface area contributed by atoms with Crippen molar-refractivity contribution in [1.29, 1.82) is 0 Å². The van der Waals surface area contributed by atoms with E-state index in [0.29, 0.717) is 41.7 Å². The van der Waals surface area contributed by atoms with E-state index in [-0.39, 0.29) is 33.7 Å². The molecule has 2 heterocycles. The Morgan fingerprint density at radius 3 is 2.38 bits per heavy atom. The zero-order valence-corrected chi connectivity index (χ0v) is 32.3. The van der Waals surface area contributed by atoms with Crippen LogP contribution in [0, 0.1) is 0 Å². The molecule has 0 bridgehead atoms. The number of aliphatic hydroxyl groups is 1. The van der Waals surface area contributed by atoms with Gasteiger partial charge < -0.3 is 25.3 Å². The van der Waals surface area contributed by atoms with Crippen molar-refractivity contribution in [2.75, 3.05) is 39.3 Å². The van der Waals surface area contributed by atoms with E-state index in [9.17, 15) is 23.4 Å². The van der Waals surface area contributed by atoms with Crippen LogP contribution >= 0.6 is 0 Å². The Bertz CT molecular complexity index is 2230. The maximum atomic E-state index is 13.7. The van der Waals surface area contributed by atoms with Gasteiger partial charge in [0.1, 0.15) is 18.1 Å². The van der Waals surface area contributed by atoms with Crippen LogP contribution in [-0.2, 0) is 22.9 Å². The van der Waals surface area contributed by atoms with Crippen molar-refractivity contribution < 1.29 is 23.4 Å². The highest BCUT2D eigenvalue weighted by molar-refractivity contribution is 7.91. The Morgan fingerprint density at radius 1 is 0.855 bits per heavy atom. The zero-order valence-electron chi connectivity index (χ0n) is 31.5. The predicted octanol–water partition coefficient (Wildman–Crippen LogP) is 6.52. The van der Waals surface area contributed by atoms with Gasteiger partial charge >= 0.3 is 0 Å². The molecular weight excluding hydrogens is 713 g/mol. The molecule has 290 valence electrons. The Labute approximate surface area is 323 Å². The first-order chi connectivity index (χ1) is 26.7. The van der Waals surface area contributed by atoms with Crippen LogP contribution in [0.15, 0.2) is 112 Å². The molecule has 1 aliphatic heterocycles. The van der Waals surface area contributed by atoms with Gasteiger partial charge in [0, 0.05) is 56.3 Å². The molecule has 0 amide bonds. The maximum absolute atomic E-state index is 13.7. The monoisotopic (exact) mass is 764 g/mol. The van der Waals surface area contributed by atoms with Crippen LogP contribution in [0.5, 0.6) is 11.5 Å². The number of aromatic hydroxyl groups is 1. The lowest BCUT2D eigenvalue weighted by Gasteiger charge is -2.42. The summed E-state index contributed by atoms with van der Waals surface area (Å²) < 4.78 is 33.5. The van der Waals surface area contributed by atoms with Crippen molar-refractivity contribution >= 4 is 20.7 Å². The summed E-state index contributed by atoms with van der Waals surface area (Å²) in [7, 11) is -3.74. The second kappa shape index (κ2) is 17.5. The van der Waals surface area contributed by atoms with Crippen molar-refractivity contribution in [2.45, 2.75) is 80.0 Å². The van der Waals surface area contributed by atoms with Crippen molar-refractivity contribution in [3.05, 3.63) is 130 Å². The molecule has 1 aromatic heterocycles. The number of nitrogens with one attached hydrogen (secondary N) is 2. The number of sulfone groups is 1. The topological polar surface area (TPSA) is 135 Å². The summed E-state index contributed by atoms with van der Waals surface area (Å²) in [5, 5.41) is 24.9. The second-order valence-corrected chi connectivity index (χ2v) is 16.9. The number of H-pyrrole nitrogens is 1. The number of piperazine rings is 1. The average molecular weight is 765 g/mol. The van der Waals surface area contributed by atoms with Gasteiger partial charge in [-0.05, 0) is 97.4 Å². The first-order valence-corrected chi connectivity index (χ1v) is 21.0. The van der Waals surface area contributed by atoms with Gasteiger partial charge in [-0.25, -0.2) is 8.42 Å². The summed E-state index contributed by atoms with van der Waals surface area (Å²) in [5.41, 5.74) is 3.77. The molecule has 11 heteroatoms. The van der Waals surface area contributed by atoms with Crippen LogP contribution in [0.4, 0.5) is 0 Å². The highest BCUT2D eigenvalue weighted by Gasteiger charge is 2.28. The number of aromatic amines is 1. The molecule has 0 spiro atoms. The number of aliphatic hydroxyl groups excluding tert-OH is 1. The quantitative estimate of drug-likeness (QED) is 0.0933. The number of pyridine rings is 1. The van der Waals surface area contributed by atoms with Crippen LogP contribution in [0.1, 0.15) is 73.4 Å². The van der Waals surface area contributed by atoms with Gasteiger partial charge in [0.25, 0.3) is 0 Å². The van der Waals surface area contributed by atoms with E-state index in [1.54, 1.807) is 48.5 Å². The van der Waals surface area contributed by atoms with Crippen molar-refractivity contribution in [1.82, 2.24) is 20.1 Å². The van der Waals surface area contributed by atoms with E-state index in [1.165, 1.54) is 44.2 Å². The lowest BCUT2D eigenvalue weighted by Crippen LogP contribution is -2.51. The van der Waals surface area contributed by atoms with Gasteiger partial charge in [0.15, 0.2) is 0 Å². The number of phenols is 1. The maximum Gasteiger partial charge on any atom is 0.248 e. The summed E-state index contributed by atoms with van der Waals surface area (Å²) in [4.78, 5) is 20.0. The zero-order chi connectivity index (χ0) is 38.4. The summed E-state index contributed by atoms with van der Waals surface area (Å²) in [6.07, 6.45) is 6.63. The third kappa shape index (κ3) is 9.31. The Morgan fingerprint density at radius 2 is 1.60 bits per heavy atom. The summed E-state index contributed by atoms with van der Waals surface area (Å²) >= 11 is 0. The average Bonchev–Trinajstić information content (AvgIpc) is 3.22. The molecule has 10 nitrogen and oxygen atoms in total. The largest absolute Gasteiger partial charge is 0.506 e. The number of benzene rings is 4. The second-order valence-electron chi connectivity index (χ2n) is 15.0. The molecular formula is C44H52N4O6S. The Hall–Kier alpha value is -4.52. The number of aromatic nitrogens is 1. The Kier molecular flexibility index (Phi) is 12.3. The van der Waals surface area contributed by atoms with E-state index >= 15 is 0 Å². The minimum Gasteiger partial charge on any atom is -0.506 e. The molecule has 1 saturated carbocycles. The van der Waals surface area contributed by atoms with E-state index in [2.05, 4.69) is 33.1 Å². The highest BCUT2D eigenvalue weighted by atomic mass is 32.2. The van der Waals surface area contributed by atoms with Gasteiger partial charge in [0.05, 0.1) is 21.4 Å². The standard InChI is InChI=1S/C44H52N4O6S/c1-31(47-23-25-48(26-24-47)35-9-3-2-4-10-35)34-13-15-37(16-14-34)55(52,53)38-12-6-11-36(28-38)54-30-33-8-5-7-32(27-33)21-22-45-29-42(50)39-17-19-41(49)44-40(39)18-20-43(51)46-44/h5-8,11-20,27-28,31,35,42,45,49-50H,2-4,9-10,21-26,29-30H2,1H3,(H,46,51)/t31-,42-/m0/s1. The van der Waals surface area contributed by atoms with E-state index in [0.717, 1.165) is 48.9 Å². The molecule has 55 heavy (non-hydrogen) atoms. The summed E-state index contributed by atoms with van der Waals surface area (Å²) in [5.74, 6) is 0.434. The van der Waals surface area contributed by atoms with Gasteiger partial charge in [-0.1, -0.05) is 67.8 Å². The molecule has 7 rings (SSSR count). The van der Waals surface area contributed by atoms with Crippen molar-refractivity contribution in [3.63, 3.8) is 0 Å². The first-order valence-electron chi connectivity index (χ1n) is 19.5. The van der Waals surface area contributed by atoms with Crippen LogP contribution in [0.3, 0.4) is 0 Å². The minimum atomic E-state index is -3.74. The smallest absolute Gasteiger partial charge is 0.248 e.